The van der Waals surface area contributed by atoms with E-state index >= 15 is 0 Å². The summed E-state index contributed by atoms with van der Waals surface area (Å²) in [5.74, 6) is -0.197. The quantitative estimate of drug-likeness (QED) is 0.361. The van der Waals surface area contributed by atoms with Crippen LogP contribution in [-0.4, -0.2) is 58.5 Å². The van der Waals surface area contributed by atoms with Crippen molar-refractivity contribution < 1.29 is 34.0 Å². The Morgan fingerprint density at radius 3 is 2.52 bits per heavy atom. The Morgan fingerprint density at radius 2 is 1.91 bits per heavy atom. The molecule has 0 bridgehead atoms. The van der Waals surface area contributed by atoms with Crippen LogP contribution in [0.1, 0.15) is 39.7 Å². The van der Waals surface area contributed by atoms with Crippen LogP contribution in [0, 0.1) is 5.82 Å². The van der Waals surface area contributed by atoms with Crippen molar-refractivity contribution in [3.63, 3.8) is 0 Å². The summed E-state index contributed by atoms with van der Waals surface area (Å²) in [5.41, 5.74) is 1.02. The third-order valence-corrected chi connectivity index (χ3v) is 4.93. The Kier molecular flexibility index (Phi) is 9.79. The molecule has 0 heterocycles. The Labute approximate surface area is 194 Å². The Hall–Kier alpha value is -2.52. The van der Waals surface area contributed by atoms with Gasteiger partial charge in [0, 0.05) is 13.5 Å². The number of halogens is 1. The molecule has 0 saturated carbocycles. The van der Waals surface area contributed by atoms with Gasteiger partial charge in [0.1, 0.15) is 17.7 Å². The second kappa shape index (κ2) is 12.1. The minimum atomic E-state index is -1.35. The van der Waals surface area contributed by atoms with Crippen molar-refractivity contribution >= 4 is 5.91 Å². The Balaban J connectivity index is 2.36. The van der Waals surface area contributed by atoms with Crippen LogP contribution < -0.4 is 10.1 Å². The number of amides is 1. The summed E-state index contributed by atoms with van der Waals surface area (Å²) in [7, 11) is 0. The smallest absolute Gasteiger partial charge is 0.228 e. The highest BCUT2D eigenvalue weighted by atomic mass is 19.1. The van der Waals surface area contributed by atoms with Gasteiger partial charge in [-0.25, -0.2) is 4.39 Å². The summed E-state index contributed by atoms with van der Waals surface area (Å²) < 4.78 is 25.4. The molecule has 0 aliphatic heterocycles. The molecular weight excluding hydrogens is 429 g/mol. The largest absolute Gasteiger partial charge is 0.462 e. The van der Waals surface area contributed by atoms with Crippen LogP contribution in [0.2, 0.25) is 0 Å². The zero-order valence-corrected chi connectivity index (χ0v) is 19.5. The molecule has 8 heteroatoms. The first-order valence-electron chi connectivity index (χ1n) is 11.0. The number of rotatable bonds is 12. The second-order valence-electron chi connectivity index (χ2n) is 8.64. The highest BCUT2D eigenvalue weighted by Gasteiger charge is 2.30. The van der Waals surface area contributed by atoms with Crippen molar-refractivity contribution in [2.24, 2.45) is 0 Å². The average molecular weight is 464 g/mol. The highest BCUT2D eigenvalue weighted by Crippen LogP contribution is 2.30. The van der Waals surface area contributed by atoms with Gasteiger partial charge < -0.3 is 30.1 Å². The summed E-state index contributed by atoms with van der Waals surface area (Å²) >= 11 is 0. The number of carbonyl (C=O) groups excluding carboxylic acids is 1. The fourth-order valence-electron chi connectivity index (χ4n) is 3.19. The van der Waals surface area contributed by atoms with E-state index in [1.807, 2.05) is 0 Å². The third kappa shape index (κ3) is 8.74. The number of carbonyl (C=O) groups is 1. The lowest BCUT2D eigenvalue weighted by Gasteiger charge is -2.29. The molecule has 7 nitrogen and oxygen atoms in total. The van der Waals surface area contributed by atoms with Gasteiger partial charge in [0.2, 0.25) is 12.2 Å². The maximum absolute atomic E-state index is 13.9. The fraction of sp³-hybridized carbons (Fsp3) is 0.480. The topological polar surface area (TPSA) is 108 Å². The van der Waals surface area contributed by atoms with E-state index in [1.165, 1.54) is 19.1 Å². The third-order valence-electron chi connectivity index (χ3n) is 4.93. The van der Waals surface area contributed by atoms with E-state index in [4.69, 9.17) is 9.47 Å². The fourth-order valence-corrected chi connectivity index (χ4v) is 3.19. The van der Waals surface area contributed by atoms with Gasteiger partial charge in [-0.2, -0.15) is 0 Å². The zero-order chi connectivity index (χ0) is 24.6. The molecule has 0 aliphatic carbocycles. The maximum Gasteiger partial charge on any atom is 0.228 e. The van der Waals surface area contributed by atoms with Crippen LogP contribution in [0.4, 0.5) is 4.39 Å². The van der Waals surface area contributed by atoms with Crippen molar-refractivity contribution in [2.45, 2.75) is 64.6 Å². The van der Waals surface area contributed by atoms with Crippen LogP contribution >= 0.6 is 0 Å². The molecule has 0 aliphatic rings. The van der Waals surface area contributed by atoms with E-state index in [2.05, 4.69) is 5.32 Å². The number of benzene rings is 2. The van der Waals surface area contributed by atoms with Gasteiger partial charge in [-0.3, -0.25) is 4.79 Å². The van der Waals surface area contributed by atoms with E-state index < -0.39 is 24.1 Å². The monoisotopic (exact) mass is 463 g/mol. The van der Waals surface area contributed by atoms with Gasteiger partial charge in [-0.1, -0.05) is 25.1 Å². The van der Waals surface area contributed by atoms with Crippen LogP contribution in [0.3, 0.4) is 0 Å². The minimum absolute atomic E-state index is 0.128. The predicted molar refractivity (Wildman–Crippen MR) is 123 cm³/mol. The highest BCUT2D eigenvalue weighted by molar-refractivity contribution is 5.73. The van der Waals surface area contributed by atoms with Crippen molar-refractivity contribution in [2.75, 3.05) is 13.2 Å². The lowest BCUT2D eigenvalue weighted by molar-refractivity contribution is -0.194. The first kappa shape index (κ1) is 26.7. The lowest BCUT2D eigenvalue weighted by atomic mass is 9.97. The molecule has 2 aromatic rings. The molecule has 1 amide bonds. The standard InChI is InChI=1S/C25H34FNO6/c1-5-22(29)23(30)24(32-15-25(3,4)31)33-20-10-9-17(11-12-27-16(2)28)21(14-20)18-7-6-8-19(26)13-18/h6-10,13-14,22-24,29-31H,5,11-12,15H2,1-4H3,(H,27,28). The summed E-state index contributed by atoms with van der Waals surface area (Å²) in [6.07, 6.45) is -2.88. The molecular formula is C25H34FNO6. The van der Waals surface area contributed by atoms with Crippen LogP contribution in [0.15, 0.2) is 42.5 Å². The molecule has 0 radical (unpaired) electrons. The number of ether oxygens (including phenoxy) is 2. The van der Waals surface area contributed by atoms with Gasteiger partial charge in [-0.05, 0) is 67.6 Å². The first-order chi connectivity index (χ1) is 15.5. The van der Waals surface area contributed by atoms with E-state index in [9.17, 15) is 24.5 Å². The Morgan fingerprint density at radius 1 is 1.18 bits per heavy atom. The maximum atomic E-state index is 13.9. The molecule has 0 saturated heterocycles. The van der Waals surface area contributed by atoms with Crippen LogP contribution in [0.5, 0.6) is 5.75 Å². The second-order valence-corrected chi connectivity index (χ2v) is 8.64. The average Bonchev–Trinajstić information content (AvgIpc) is 2.75. The van der Waals surface area contributed by atoms with E-state index in [0.717, 1.165) is 5.56 Å². The van der Waals surface area contributed by atoms with Gasteiger partial charge in [0.05, 0.1) is 18.3 Å². The van der Waals surface area contributed by atoms with Gasteiger partial charge in [-0.15, -0.1) is 0 Å². The SMILES string of the molecule is CCC(O)C(O)C(OCC(C)(C)O)Oc1ccc(CCNC(C)=O)c(-c2cccc(F)c2)c1. The van der Waals surface area contributed by atoms with Crippen molar-refractivity contribution in [3.05, 3.63) is 53.8 Å². The van der Waals surface area contributed by atoms with E-state index in [0.29, 0.717) is 29.8 Å². The van der Waals surface area contributed by atoms with Gasteiger partial charge >= 0.3 is 0 Å². The normalized spacial score (nSPS) is 14.4. The Bertz CT molecular complexity index is 914. The lowest BCUT2D eigenvalue weighted by Crippen LogP contribution is -2.44. The predicted octanol–water partition coefficient (Wildman–Crippen LogP) is 2.80. The minimum Gasteiger partial charge on any atom is -0.462 e. The molecule has 0 aromatic heterocycles. The number of aliphatic hydroxyl groups excluding tert-OH is 2. The summed E-state index contributed by atoms with van der Waals surface area (Å²) in [4.78, 5) is 11.2. The number of hydrogen-bond acceptors (Lipinski definition) is 6. The molecule has 0 fully saturated rings. The summed E-state index contributed by atoms with van der Waals surface area (Å²) in [5, 5.41) is 33.4. The first-order valence-corrected chi connectivity index (χ1v) is 11.0. The summed E-state index contributed by atoms with van der Waals surface area (Å²) in [6.45, 7) is 6.55. The molecule has 3 unspecified atom stereocenters. The van der Waals surface area contributed by atoms with Crippen LogP contribution in [-0.2, 0) is 16.0 Å². The van der Waals surface area contributed by atoms with Gasteiger partial charge in [0.25, 0.3) is 0 Å². The molecule has 0 spiro atoms. The molecule has 2 aromatic carbocycles. The molecule has 4 N–H and O–H groups in total. The molecule has 33 heavy (non-hydrogen) atoms. The van der Waals surface area contributed by atoms with Crippen molar-refractivity contribution in [3.8, 4) is 16.9 Å². The van der Waals surface area contributed by atoms with Crippen molar-refractivity contribution in [1.82, 2.24) is 5.32 Å². The zero-order valence-electron chi connectivity index (χ0n) is 19.5. The van der Waals surface area contributed by atoms with Gasteiger partial charge in [0.15, 0.2) is 0 Å². The van der Waals surface area contributed by atoms with E-state index in [-0.39, 0.29) is 24.8 Å². The molecule has 2 rings (SSSR count). The van der Waals surface area contributed by atoms with Crippen LogP contribution in [0.25, 0.3) is 11.1 Å². The number of hydrogen-bond donors (Lipinski definition) is 4. The summed E-state index contributed by atoms with van der Waals surface area (Å²) in [6, 6.07) is 11.3. The van der Waals surface area contributed by atoms with E-state index in [1.54, 1.807) is 51.1 Å². The molecule has 3 atom stereocenters. The van der Waals surface area contributed by atoms with Crippen molar-refractivity contribution in [1.29, 1.82) is 0 Å². The number of nitrogens with one attached hydrogen (secondary N) is 1. The molecule has 182 valence electrons. The number of aliphatic hydroxyl groups is 3.